The Balaban J connectivity index is 1.75. The Kier molecular flexibility index (Phi) is 3.79. The van der Waals surface area contributed by atoms with Crippen LogP contribution in [0.3, 0.4) is 0 Å². The molecule has 0 aromatic carbocycles. The average Bonchev–Trinajstić information content (AvgIpc) is 3.08. The second-order valence-corrected chi connectivity index (χ2v) is 4.95. The predicted molar refractivity (Wildman–Crippen MR) is 70.9 cm³/mol. The van der Waals surface area contributed by atoms with Gasteiger partial charge in [-0.3, -0.25) is 9.58 Å². The van der Waals surface area contributed by atoms with Gasteiger partial charge in [-0.25, -0.2) is 0 Å². The van der Waals surface area contributed by atoms with Gasteiger partial charge in [-0.2, -0.15) is 10.1 Å². The number of aryl methyl sites for hydroxylation is 2. The van der Waals surface area contributed by atoms with Gasteiger partial charge in [-0.15, -0.1) is 0 Å². The fourth-order valence-corrected chi connectivity index (χ4v) is 2.40. The lowest BCUT2D eigenvalue weighted by molar-refractivity contribution is -0.0241. The monoisotopic (exact) mass is 277 g/mol. The van der Waals surface area contributed by atoms with Gasteiger partial charge in [0.1, 0.15) is 6.04 Å². The lowest BCUT2D eigenvalue weighted by Crippen LogP contribution is -2.39. The normalized spacial score (nSPS) is 20.4. The summed E-state index contributed by atoms with van der Waals surface area (Å²) in [5.74, 6) is 1.29. The van der Waals surface area contributed by atoms with E-state index in [2.05, 4.69) is 33.3 Å². The molecule has 0 bridgehead atoms. The Bertz CT molecular complexity index is 565. The van der Waals surface area contributed by atoms with Crippen LogP contribution in [0.2, 0.25) is 0 Å². The Hall–Kier alpha value is -1.73. The molecule has 108 valence electrons. The van der Waals surface area contributed by atoms with E-state index in [0.717, 1.165) is 26.2 Å². The fraction of sp³-hybridized carbons (Fsp3) is 0.615. The average molecular weight is 277 g/mol. The Morgan fingerprint density at radius 1 is 1.45 bits per heavy atom. The number of rotatable bonds is 4. The lowest BCUT2D eigenvalue weighted by Gasteiger charge is -2.32. The highest BCUT2D eigenvalue weighted by Gasteiger charge is 2.29. The van der Waals surface area contributed by atoms with Gasteiger partial charge in [0.25, 0.3) is 0 Å². The number of hydrogen-bond donors (Lipinski definition) is 0. The van der Waals surface area contributed by atoms with Gasteiger partial charge < -0.3 is 9.26 Å². The first kappa shape index (κ1) is 13.3. The van der Waals surface area contributed by atoms with Crippen LogP contribution in [-0.2, 0) is 17.8 Å². The van der Waals surface area contributed by atoms with Gasteiger partial charge in [0.15, 0.2) is 5.82 Å². The fourth-order valence-electron chi connectivity index (χ4n) is 2.40. The molecule has 2 aromatic rings. The molecule has 0 N–H and O–H groups in total. The molecular formula is C13H19N5O2. The highest BCUT2D eigenvalue weighted by atomic mass is 16.5. The predicted octanol–water partition coefficient (Wildman–Crippen LogP) is 1.17. The standard InChI is InChI=1S/C13H19N5O2/c1-3-18-8-11(6-14-18)7-17-4-5-19-9-12(17)13-15-10(2)16-20-13/h6,8,12H,3-5,7,9H2,1-2H3/t12-/m0/s1. The Morgan fingerprint density at radius 2 is 2.35 bits per heavy atom. The highest BCUT2D eigenvalue weighted by molar-refractivity contribution is 5.05. The van der Waals surface area contributed by atoms with Crippen LogP contribution in [-0.4, -0.2) is 44.6 Å². The van der Waals surface area contributed by atoms with Gasteiger partial charge in [0.05, 0.1) is 19.4 Å². The zero-order chi connectivity index (χ0) is 13.9. The molecule has 1 saturated heterocycles. The minimum absolute atomic E-state index is 0.0231. The lowest BCUT2D eigenvalue weighted by atomic mass is 10.2. The van der Waals surface area contributed by atoms with Gasteiger partial charge >= 0.3 is 0 Å². The molecule has 0 saturated carbocycles. The third-order valence-electron chi connectivity index (χ3n) is 3.46. The van der Waals surface area contributed by atoms with E-state index in [-0.39, 0.29) is 6.04 Å². The van der Waals surface area contributed by atoms with E-state index in [9.17, 15) is 0 Å². The van der Waals surface area contributed by atoms with Gasteiger partial charge in [0.2, 0.25) is 5.89 Å². The number of nitrogens with zero attached hydrogens (tertiary/aromatic N) is 5. The molecule has 1 atom stereocenters. The number of morpholine rings is 1. The highest BCUT2D eigenvalue weighted by Crippen LogP contribution is 2.24. The molecule has 0 aliphatic carbocycles. The molecule has 7 nitrogen and oxygen atoms in total. The summed E-state index contributed by atoms with van der Waals surface area (Å²) in [6.45, 7) is 7.77. The Morgan fingerprint density at radius 3 is 3.05 bits per heavy atom. The molecule has 20 heavy (non-hydrogen) atoms. The topological polar surface area (TPSA) is 69.2 Å². The summed E-state index contributed by atoms with van der Waals surface area (Å²) in [5.41, 5.74) is 1.19. The molecule has 0 unspecified atom stereocenters. The number of hydrogen-bond acceptors (Lipinski definition) is 6. The van der Waals surface area contributed by atoms with Crippen LogP contribution in [0.1, 0.15) is 30.2 Å². The van der Waals surface area contributed by atoms with Crippen LogP contribution in [0, 0.1) is 6.92 Å². The molecule has 3 heterocycles. The summed E-state index contributed by atoms with van der Waals surface area (Å²) in [6.07, 6.45) is 3.99. The summed E-state index contributed by atoms with van der Waals surface area (Å²) < 4.78 is 12.8. The largest absolute Gasteiger partial charge is 0.378 e. The maximum atomic E-state index is 5.55. The molecule has 0 radical (unpaired) electrons. The van der Waals surface area contributed by atoms with Crippen LogP contribution < -0.4 is 0 Å². The third kappa shape index (κ3) is 2.73. The molecule has 1 fully saturated rings. The summed E-state index contributed by atoms with van der Waals surface area (Å²) in [6, 6.07) is 0.0231. The SMILES string of the molecule is CCn1cc(CN2CCOC[C@H]2c2nc(C)no2)cn1. The first-order chi connectivity index (χ1) is 9.76. The quantitative estimate of drug-likeness (QED) is 0.835. The van der Waals surface area contributed by atoms with Gasteiger partial charge in [0, 0.05) is 31.4 Å². The van der Waals surface area contributed by atoms with Gasteiger partial charge in [-0.1, -0.05) is 5.16 Å². The summed E-state index contributed by atoms with van der Waals surface area (Å²) in [5, 5.41) is 8.18. The van der Waals surface area contributed by atoms with Crippen molar-refractivity contribution in [2.75, 3.05) is 19.8 Å². The van der Waals surface area contributed by atoms with Crippen molar-refractivity contribution in [3.63, 3.8) is 0 Å². The second-order valence-electron chi connectivity index (χ2n) is 4.95. The molecular weight excluding hydrogens is 258 g/mol. The summed E-state index contributed by atoms with van der Waals surface area (Å²) in [7, 11) is 0. The van der Waals surface area contributed by atoms with Crippen LogP contribution in [0.25, 0.3) is 0 Å². The summed E-state index contributed by atoms with van der Waals surface area (Å²) >= 11 is 0. The van der Waals surface area contributed by atoms with Crippen molar-refractivity contribution >= 4 is 0 Å². The maximum Gasteiger partial charge on any atom is 0.246 e. The zero-order valence-electron chi connectivity index (χ0n) is 11.8. The first-order valence-electron chi connectivity index (χ1n) is 6.89. The van der Waals surface area contributed by atoms with Crippen molar-refractivity contribution < 1.29 is 9.26 Å². The minimum atomic E-state index is 0.0231. The molecule has 3 rings (SSSR count). The molecule has 0 spiro atoms. The van der Waals surface area contributed by atoms with E-state index in [4.69, 9.17) is 9.26 Å². The second kappa shape index (κ2) is 5.72. The summed E-state index contributed by atoms with van der Waals surface area (Å²) in [4.78, 5) is 6.63. The van der Waals surface area contributed by atoms with Crippen molar-refractivity contribution in [1.29, 1.82) is 0 Å². The van der Waals surface area contributed by atoms with Crippen molar-refractivity contribution in [2.45, 2.75) is 33.0 Å². The van der Waals surface area contributed by atoms with E-state index >= 15 is 0 Å². The van der Waals surface area contributed by atoms with Gasteiger partial charge in [-0.05, 0) is 13.8 Å². The van der Waals surface area contributed by atoms with Crippen LogP contribution in [0.5, 0.6) is 0 Å². The molecule has 0 amide bonds. The van der Waals surface area contributed by atoms with Crippen molar-refractivity contribution in [2.24, 2.45) is 0 Å². The Labute approximate surface area is 117 Å². The molecule has 1 aliphatic rings. The van der Waals surface area contributed by atoms with Crippen LogP contribution in [0.15, 0.2) is 16.9 Å². The van der Waals surface area contributed by atoms with Crippen molar-refractivity contribution in [3.8, 4) is 0 Å². The molecule has 1 aliphatic heterocycles. The minimum Gasteiger partial charge on any atom is -0.378 e. The van der Waals surface area contributed by atoms with E-state index in [0.29, 0.717) is 18.3 Å². The molecule has 2 aromatic heterocycles. The van der Waals surface area contributed by atoms with Crippen molar-refractivity contribution in [1.82, 2.24) is 24.8 Å². The maximum absolute atomic E-state index is 5.55. The van der Waals surface area contributed by atoms with E-state index < -0.39 is 0 Å². The van der Waals surface area contributed by atoms with E-state index in [1.807, 2.05) is 17.8 Å². The van der Waals surface area contributed by atoms with Crippen LogP contribution >= 0.6 is 0 Å². The third-order valence-corrected chi connectivity index (χ3v) is 3.46. The zero-order valence-corrected chi connectivity index (χ0v) is 11.8. The van der Waals surface area contributed by atoms with Crippen molar-refractivity contribution in [3.05, 3.63) is 29.7 Å². The number of ether oxygens (including phenoxy) is 1. The first-order valence-corrected chi connectivity index (χ1v) is 6.89. The van der Waals surface area contributed by atoms with Crippen LogP contribution in [0.4, 0.5) is 0 Å². The van der Waals surface area contributed by atoms with E-state index in [1.54, 1.807) is 0 Å². The molecule has 7 heteroatoms. The number of aromatic nitrogens is 4. The van der Waals surface area contributed by atoms with E-state index in [1.165, 1.54) is 5.56 Å². The smallest absolute Gasteiger partial charge is 0.246 e.